The van der Waals surface area contributed by atoms with Crippen LogP contribution in [0.5, 0.6) is 0 Å². The molecule has 4 nitrogen and oxygen atoms in total. The third-order valence-electron chi connectivity index (χ3n) is 3.10. The molecule has 0 radical (unpaired) electrons. The van der Waals surface area contributed by atoms with Crippen LogP contribution < -0.4 is 0 Å². The third-order valence-corrected chi connectivity index (χ3v) is 3.72. The van der Waals surface area contributed by atoms with Crippen molar-refractivity contribution in [3.05, 3.63) is 46.6 Å². The molecule has 20 heavy (non-hydrogen) atoms. The van der Waals surface area contributed by atoms with E-state index >= 15 is 0 Å². The summed E-state index contributed by atoms with van der Waals surface area (Å²) in [7, 11) is 0. The Labute approximate surface area is 121 Å². The zero-order valence-corrected chi connectivity index (χ0v) is 11.6. The van der Waals surface area contributed by atoms with Crippen LogP contribution in [0.1, 0.15) is 10.5 Å². The molecule has 0 bridgehead atoms. The minimum absolute atomic E-state index is 0.206. The number of hydrogen-bond donors (Lipinski definition) is 2. The molecule has 0 saturated heterocycles. The van der Waals surface area contributed by atoms with Crippen LogP contribution in [-0.2, 0) is 4.79 Å². The molecule has 2 heterocycles. The van der Waals surface area contributed by atoms with Crippen molar-refractivity contribution in [1.29, 1.82) is 0 Å². The molecular formula is C14H8BrFN2O2. The molecule has 0 unspecified atom stereocenters. The van der Waals surface area contributed by atoms with Gasteiger partial charge in [0.25, 0.3) is 0 Å². The van der Waals surface area contributed by atoms with Crippen molar-refractivity contribution in [2.45, 2.75) is 0 Å². The topological polar surface area (TPSA) is 65.7 Å². The van der Waals surface area contributed by atoms with E-state index in [1.807, 2.05) is 0 Å². The number of halogens is 2. The molecule has 0 aliphatic carbocycles. The third kappa shape index (κ3) is 1.89. The molecule has 3 rings (SSSR count). The quantitative estimate of drug-likeness (QED) is 0.437. The Morgan fingerprint density at radius 3 is 2.80 bits per heavy atom. The van der Waals surface area contributed by atoms with Gasteiger partial charge in [0, 0.05) is 38.9 Å². The lowest BCUT2D eigenvalue weighted by molar-refractivity contribution is -0.104. The molecule has 1 aromatic carbocycles. The van der Waals surface area contributed by atoms with Gasteiger partial charge < -0.3 is 9.97 Å². The highest BCUT2D eigenvalue weighted by atomic mass is 79.9. The van der Waals surface area contributed by atoms with Gasteiger partial charge in [0.05, 0.1) is 5.69 Å². The van der Waals surface area contributed by atoms with Crippen LogP contribution in [0.3, 0.4) is 0 Å². The number of hydrogen-bond acceptors (Lipinski definition) is 2. The van der Waals surface area contributed by atoms with E-state index < -0.39 is 5.78 Å². The van der Waals surface area contributed by atoms with E-state index in [-0.39, 0.29) is 17.8 Å². The van der Waals surface area contributed by atoms with E-state index in [1.165, 1.54) is 12.1 Å². The highest BCUT2D eigenvalue weighted by Gasteiger charge is 2.20. The first-order valence-electron chi connectivity index (χ1n) is 5.75. The van der Waals surface area contributed by atoms with E-state index in [9.17, 15) is 14.0 Å². The molecule has 100 valence electrons. The van der Waals surface area contributed by atoms with Gasteiger partial charge in [-0.15, -0.1) is 0 Å². The summed E-state index contributed by atoms with van der Waals surface area (Å²) in [5.41, 5.74) is 2.13. The molecule has 0 spiro atoms. The second kappa shape index (κ2) is 4.72. The van der Waals surface area contributed by atoms with E-state index in [2.05, 4.69) is 25.9 Å². The zero-order valence-electron chi connectivity index (χ0n) is 10.0. The predicted octanol–water partition coefficient (Wildman–Crippen LogP) is 3.45. The van der Waals surface area contributed by atoms with Crippen LogP contribution in [-0.4, -0.2) is 22.0 Å². The number of carbonyl (C=O) groups excluding carboxylic acids is 2. The van der Waals surface area contributed by atoms with E-state index in [0.717, 1.165) is 10.9 Å². The molecule has 2 N–H and O–H groups in total. The van der Waals surface area contributed by atoms with Crippen LogP contribution in [0.4, 0.5) is 4.39 Å². The predicted molar refractivity (Wildman–Crippen MR) is 76.1 cm³/mol. The van der Waals surface area contributed by atoms with Gasteiger partial charge in [-0.25, -0.2) is 4.39 Å². The Morgan fingerprint density at radius 2 is 2.05 bits per heavy atom. The summed E-state index contributed by atoms with van der Waals surface area (Å²) >= 11 is 3.35. The smallest absolute Gasteiger partial charge is 0.242 e. The lowest BCUT2D eigenvalue weighted by Crippen LogP contribution is -2.01. The van der Waals surface area contributed by atoms with Gasteiger partial charge in [-0.3, -0.25) is 9.59 Å². The molecule has 2 aromatic heterocycles. The van der Waals surface area contributed by atoms with Crippen molar-refractivity contribution in [3.63, 3.8) is 0 Å². The number of aromatic amines is 2. The number of aromatic nitrogens is 2. The maximum atomic E-state index is 13.2. The molecule has 0 aliphatic rings. The molecule has 0 saturated carbocycles. The van der Waals surface area contributed by atoms with E-state index in [0.29, 0.717) is 15.6 Å². The maximum Gasteiger partial charge on any atom is 0.242 e. The van der Waals surface area contributed by atoms with Gasteiger partial charge in [0.1, 0.15) is 5.82 Å². The van der Waals surface area contributed by atoms with Crippen molar-refractivity contribution >= 4 is 38.9 Å². The fourth-order valence-electron chi connectivity index (χ4n) is 2.22. The fourth-order valence-corrected chi connectivity index (χ4v) is 2.75. The van der Waals surface area contributed by atoms with Crippen molar-refractivity contribution in [1.82, 2.24) is 9.97 Å². The van der Waals surface area contributed by atoms with Gasteiger partial charge in [-0.05, 0) is 34.1 Å². The Bertz CT molecular complexity index is 835. The summed E-state index contributed by atoms with van der Waals surface area (Å²) in [5, 5.41) is 0.770. The largest absolute Gasteiger partial charge is 0.360 e. The van der Waals surface area contributed by atoms with Gasteiger partial charge in [-0.1, -0.05) is 0 Å². The number of benzene rings is 1. The Hall–Kier alpha value is -2.21. The number of aldehydes is 1. The van der Waals surface area contributed by atoms with E-state index in [4.69, 9.17) is 0 Å². The summed E-state index contributed by atoms with van der Waals surface area (Å²) < 4.78 is 13.9. The molecule has 0 atom stereocenters. The number of rotatable bonds is 3. The zero-order chi connectivity index (χ0) is 14.3. The second-order valence-corrected chi connectivity index (χ2v) is 5.12. The van der Waals surface area contributed by atoms with Crippen molar-refractivity contribution in [2.75, 3.05) is 0 Å². The number of carbonyl (C=O) groups is 2. The van der Waals surface area contributed by atoms with Crippen molar-refractivity contribution < 1.29 is 14.0 Å². The van der Waals surface area contributed by atoms with Crippen LogP contribution in [0.25, 0.3) is 22.0 Å². The number of Topliss-reactive ketones (excluding diaryl/α,β-unsaturated/α-hetero) is 1. The lowest BCUT2D eigenvalue weighted by atomic mass is 10.0. The summed E-state index contributed by atoms with van der Waals surface area (Å²) in [4.78, 5) is 28.1. The highest BCUT2D eigenvalue weighted by Crippen LogP contribution is 2.36. The fraction of sp³-hybridized carbons (Fsp3) is 0. The van der Waals surface area contributed by atoms with Crippen molar-refractivity contribution in [2.24, 2.45) is 0 Å². The molecule has 0 fully saturated rings. The molecule has 3 aromatic rings. The number of H-pyrrole nitrogens is 2. The first kappa shape index (κ1) is 12.8. The lowest BCUT2D eigenvalue weighted by Gasteiger charge is -2.01. The van der Waals surface area contributed by atoms with Gasteiger partial charge in [0.2, 0.25) is 5.78 Å². The summed E-state index contributed by atoms with van der Waals surface area (Å²) in [5.74, 6) is -0.981. The van der Waals surface area contributed by atoms with Gasteiger partial charge in [0.15, 0.2) is 6.29 Å². The van der Waals surface area contributed by atoms with E-state index in [1.54, 1.807) is 18.5 Å². The average molecular weight is 335 g/mol. The summed E-state index contributed by atoms with van der Waals surface area (Å²) in [6.45, 7) is 0. The van der Waals surface area contributed by atoms with Crippen molar-refractivity contribution in [3.8, 4) is 11.1 Å². The minimum atomic E-state index is -0.637. The summed E-state index contributed by atoms with van der Waals surface area (Å²) in [6.07, 6.45) is 3.53. The maximum absolute atomic E-state index is 13.2. The Balaban J connectivity index is 2.28. The molecule has 0 aliphatic heterocycles. The van der Waals surface area contributed by atoms with Gasteiger partial charge >= 0.3 is 0 Å². The van der Waals surface area contributed by atoms with Crippen LogP contribution >= 0.6 is 15.9 Å². The van der Waals surface area contributed by atoms with Gasteiger partial charge in [-0.2, -0.15) is 0 Å². The molecule has 0 amide bonds. The standard InChI is InChI=1S/C14H8BrFN2O2/c15-10-5-18-14(12(20)6-19)13(10)9-4-17-11-3-7(16)1-2-8(9)11/h1-6,17-18H. The first-order chi connectivity index (χ1) is 9.61. The number of nitrogens with one attached hydrogen (secondary N) is 2. The average Bonchev–Trinajstić information content (AvgIpc) is 3.00. The minimum Gasteiger partial charge on any atom is -0.360 e. The normalized spacial score (nSPS) is 10.9. The Morgan fingerprint density at radius 1 is 1.25 bits per heavy atom. The highest BCUT2D eigenvalue weighted by molar-refractivity contribution is 9.10. The second-order valence-electron chi connectivity index (χ2n) is 4.26. The summed E-state index contributed by atoms with van der Waals surface area (Å²) in [6, 6.07) is 4.35. The van der Waals surface area contributed by atoms with Crippen LogP contribution in [0.2, 0.25) is 0 Å². The molecular weight excluding hydrogens is 327 g/mol. The Kier molecular flexibility index (Phi) is 3.02. The monoisotopic (exact) mass is 334 g/mol. The molecule has 6 heteroatoms. The number of fused-ring (bicyclic) bond motifs is 1. The number of ketones is 1. The van der Waals surface area contributed by atoms with Crippen LogP contribution in [0.15, 0.2) is 35.1 Å². The van der Waals surface area contributed by atoms with Crippen LogP contribution in [0, 0.1) is 5.82 Å². The SMILES string of the molecule is O=CC(=O)c1[nH]cc(Br)c1-c1c[nH]c2cc(F)ccc12. The first-order valence-corrected chi connectivity index (χ1v) is 6.54.